The van der Waals surface area contributed by atoms with Gasteiger partial charge in [-0.25, -0.2) is 0 Å². The largest absolute Gasteiger partial charge is 0.489 e. The number of rotatable bonds is 4. The summed E-state index contributed by atoms with van der Waals surface area (Å²) in [4.78, 5) is 13.4. The Balaban J connectivity index is 1.69. The fraction of sp³-hybridized carbons (Fsp3) is 0.278. The molecule has 126 valence electrons. The second kappa shape index (κ2) is 6.55. The van der Waals surface area contributed by atoms with E-state index in [4.69, 9.17) is 4.74 Å². The molecule has 0 atom stereocenters. The van der Waals surface area contributed by atoms with Crippen LogP contribution >= 0.6 is 0 Å². The highest BCUT2D eigenvalue weighted by molar-refractivity contribution is 5.95. The molecule has 0 saturated carbocycles. The first-order chi connectivity index (χ1) is 11.4. The fourth-order valence-corrected chi connectivity index (χ4v) is 2.73. The van der Waals surface area contributed by atoms with Crippen LogP contribution in [0.1, 0.15) is 24.0 Å². The van der Waals surface area contributed by atoms with E-state index in [1.54, 1.807) is 35.2 Å². The molecule has 1 heterocycles. The Bertz CT molecular complexity index is 726. The summed E-state index contributed by atoms with van der Waals surface area (Å²) in [5.74, 6) is 0.546. The molecule has 0 N–H and O–H groups in total. The van der Waals surface area contributed by atoms with Gasteiger partial charge >= 0.3 is 6.18 Å². The summed E-state index contributed by atoms with van der Waals surface area (Å²) < 4.78 is 44.3. The van der Waals surface area contributed by atoms with E-state index in [9.17, 15) is 18.0 Å². The van der Waals surface area contributed by atoms with Gasteiger partial charge < -0.3 is 9.64 Å². The van der Waals surface area contributed by atoms with Gasteiger partial charge in [0.2, 0.25) is 5.91 Å². The van der Waals surface area contributed by atoms with Crippen molar-refractivity contribution in [3.05, 3.63) is 59.7 Å². The summed E-state index contributed by atoms with van der Waals surface area (Å²) in [5.41, 5.74) is 0.175. The molecular formula is C18H16F3NO2. The van der Waals surface area contributed by atoms with E-state index in [0.29, 0.717) is 18.7 Å². The van der Waals surface area contributed by atoms with Crippen molar-refractivity contribution < 1.29 is 22.7 Å². The van der Waals surface area contributed by atoms with Gasteiger partial charge in [-0.15, -0.1) is 0 Å². The standard InChI is InChI=1S/C18H16F3NO2/c19-18(20,21)16-5-2-1-4-13(16)12-24-15-9-7-14(8-10-15)22-11-3-6-17(22)23/h1-2,4-5,7-10H,3,6,11-12H2. The molecule has 24 heavy (non-hydrogen) atoms. The third-order valence-electron chi connectivity index (χ3n) is 3.94. The Labute approximate surface area is 137 Å². The van der Waals surface area contributed by atoms with Crippen LogP contribution in [-0.4, -0.2) is 12.5 Å². The van der Waals surface area contributed by atoms with Crippen LogP contribution in [0.4, 0.5) is 18.9 Å². The number of carbonyl (C=O) groups excluding carboxylic acids is 1. The molecule has 1 fully saturated rings. The van der Waals surface area contributed by atoms with E-state index in [2.05, 4.69) is 0 Å². The number of amides is 1. The quantitative estimate of drug-likeness (QED) is 0.828. The minimum atomic E-state index is -4.40. The lowest BCUT2D eigenvalue weighted by molar-refractivity contribution is -0.138. The number of nitrogens with zero attached hydrogens (tertiary/aromatic N) is 1. The Morgan fingerprint density at radius 3 is 2.38 bits per heavy atom. The van der Waals surface area contributed by atoms with Gasteiger partial charge in [-0.1, -0.05) is 18.2 Å². The van der Waals surface area contributed by atoms with E-state index >= 15 is 0 Å². The molecule has 0 bridgehead atoms. The van der Waals surface area contributed by atoms with Gasteiger partial charge in [0.05, 0.1) is 5.56 Å². The van der Waals surface area contributed by atoms with Gasteiger partial charge in [-0.05, 0) is 36.8 Å². The lowest BCUT2D eigenvalue weighted by Crippen LogP contribution is -2.23. The third kappa shape index (κ3) is 3.53. The SMILES string of the molecule is O=C1CCCN1c1ccc(OCc2ccccc2C(F)(F)F)cc1. The summed E-state index contributed by atoms with van der Waals surface area (Å²) in [6.45, 7) is 0.523. The van der Waals surface area contributed by atoms with Gasteiger partial charge in [0.15, 0.2) is 0 Å². The maximum absolute atomic E-state index is 12.9. The van der Waals surface area contributed by atoms with Crippen molar-refractivity contribution in [1.29, 1.82) is 0 Å². The molecule has 0 spiro atoms. The maximum Gasteiger partial charge on any atom is 0.416 e. The highest BCUT2D eigenvalue weighted by Gasteiger charge is 2.33. The van der Waals surface area contributed by atoms with Crippen molar-refractivity contribution in [1.82, 2.24) is 0 Å². The van der Waals surface area contributed by atoms with E-state index in [1.807, 2.05) is 0 Å². The van der Waals surface area contributed by atoms with Gasteiger partial charge in [0.1, 0.15) is 12.4 Å². The molecule has 0 radical (unpaired) electrons. The number of hydrogen-bond donors (Lipinski definition) is 0. The molecule has 1 aliphatic rings. The third-order valence-corrected chi connectivity index (χ3v) is 3.94. The van der Waals surface area contributed by atoms with E-state index in [0.717, 1.165) is 18.2 Å². The van der Waals surface area contributed by atoms with Crippen molar-refractivity contribution in [3.63, 3.8) is 0 Å². The van der Waals surface area contributed by atoms with Gasteiger partial charge in [-0.3, -0.25) is 4.79 Å². The predicted octanol–water partition coefficient (Wildman–Crippen LogP) is 4.41. The van der Waals surface area contributed by atoms with Crippen LogP contribution in [0.3, 0.4) is 0 Å². The minimum Gasteiger partial charge on any atom is -0.489 e. The first kappa shape index (κ1) is 16.4. The number of anilines is 1. The highest BCUT2D eigenvalue weighted by atomic mass is 19.4. The van der Waals surface area contributed by atoms with Gasteiger partial charge in [0, 0.05) is 24.2 Å². The number of alkyl halides is 3. The minimum absolute atomic E-state index is 0.0859. The van der Waals surface area contributed by atoms with Crippen LogP contribution in [0.15, 0.2) is 48.5 Å². The molecule has 0 aromatic heterocycles. The molecule has 2 aromatic carbocycles. The Morgan fingerprint density at radius 1 is 1.04 bits per heavy atom. The molecule has 3 nitrogen and oxygen atoms in total. The van der Waals surface area contributed by atoms with E-state index < -0.39 is 11.7 Å². The summed E-state index contributed by atoms with van der Waals surface area (Å²) in [7, 11) is 0. The molecule has 1 saturated heterocycles. The van der Waals surface area contributed by atoms with Crippen LogP contribution in [-0.2, 0) is 17.6 Å². The summed E-state index contributed by atoms with van der Waals surface area (Å²) in [5, 5.41) is 0. The number of ether oxygens (including phenoxy) is 1. The molecular weight excluding hydrogens is 319 g/mol. The average Bonchev–Trinajstić information content (AvgIpc) is 2.99. The zero-order chi connectivity index (χ0) is 17.2. The molecule has 1 aliphatic heterocycles. The number of hydrogen-bond acceptors (Lipinski definition) is 2. The van der Waals surface area contributed by atoms with Gasteiger partial charge in [-0.2, -0.15) is 13.2 Å². The Morgan fingerprint density at radius 2 is 1.75 bits per heavy atom. The second-order valence-electron chi connectivity index (χ2n) is 5.59. The lowest BCUT2D eigenvalue weighted by atomic mass is 10.1. The van der Waals surface area contributed by atoms with Crippen molar-refractivity contribution in [2.75, 3.05) is 11.4 Å². The average molecular weight is 335 g/mol. The normalized spacial score (nSPS) is 15.0. The van der Waals surface area contributed by atoms with Crippen LogP contribution < -0.4 is 9.64 Å². The fourth-order valence-electron chi connectivity index (χ4n) is 2.73. The topological polar surface area (TPSA) is 29.5 Å². The first-order valence-electron chi connectivity index (χ1n) is 7.63. The number of halogens is 3. The number of benzene rings is 2. The van der Waals surface area contributed by atoms with E-state index in [-0.39, 0.29) is 18.1 Å². The van der Waals surface area contributed by atoms with Crippen LogP contribution in [0.5, 0.6) is 5.75 Å². The van der Waals surface area contributed by atoms with Crippen LogP contribution in [0.25, 0.3) is 0 Å². The Hall–Kier alpha value is -2.50. The zero-order valence-electron chi connectivity index (χ0n) is 12.8. The first-order valence-corrected chi connectivity index (χ1v) is 7.63. The number of carbonyl (C=O) groups is 1. The molecule has 6 heteroatoms. The Kier molecular flexibility index (Phi) is 4.46. The maximum atomic E-state index is 12.9. The van der Waals surface area contributed by atoms with Crippen molar-refractivity contribution in [2.45, 2.75) is 25.6 Å². The molecule has 2 aromatic rings. The second-order valence-corrected chi connectivity index (χ2v) is 5.59. The van der Waals surface area contributed by atoms with Crippen molar-refractivity contribution >= 4 is 11.6 Å². The zero-order valence-corrected chi connectivity index (χ0v) is 12.8. The highest BCUT2D eigenvalue weighted by Crippen LogP contribution is 2.32. The van der Waals surface area contributed by atoms with E-state index in [1.165, 1.54) is 12.1 Å². The van der Waals surface area contributed by atoms with Crippen LogP contribution in [0, 0.1) is 0 Å². The molecule has 0 aliphatic carbocycles. The summed E-state index contributed by atoms with van der Waals surface area (Å²) >= 11 is 0. The van der Waals surface area contributed by atoms with Crippen LogP contribution in [0.2, 0.25) is 0 Å². The summed E-state index contributed by atoms with van der Waals surface area (Å²) in [6, 6.07) is 12.2. The van der Waals surface area contributed by atoms with Gasteiger partial charge in [0.25, 0.3) is 0 Å². The monoisotopic (exact) mass is 335 g/mol. The van der Waals surface area contributed by atoms with Crippen molar-refractivity contribution in [3.8, 4) is 5.75 Å². The lowest BCUT2D eigenvalue weighted by Gasteiger charge is -2.16. The molecule has 3 rings (SSSR count). The van der Waals surface area contributed by atoms with Crippen molar-refractivity contribution in [2.24, 2.45) is 0 Å². The molecule has 1 amide bonds. The predicted molar refractivity (Wildman–Crippen MR) is 83.8 cm³/mol. The molecule has 0 unspecified atom stereocenters. The summed E-state index contributed by atoms with van der Waals surface area (Å²) in [6.07, 6.45) is -3.02. The smallest absolute Gasteiger partial charge is 0.416 e.